The molecular formula is C27H41NO4. The first-order chi connectivity index (χ1) is 14.9. The molecule has 3 aliphatic carbocycles. The zero-order valence-electron chi connectivity index (χ0n) is 20.5. The number of rotatable bonds is 5. The molecule has 3 rings (SSSR count). The first kappa shape index (κ1) is 24.9. The van der Waals surface area contributed by atoms with Crippen molar-refractivity contribution >= 4 is 5.91 Å². The SMILES string of the molecule is C=C1C(=CC=C2CCC[C@]3(C)C(CC)=CC[C@@H]23)C[C@](O)(OCC(=O)NC(C)(C)C)C[C@@H]1O. The number of nitrogens with one attached hydrogen (secondary N) is 1. The maximum atomic E-state index is 12.1. The van der Waals surface area contributed by atoms with Crippen LogP contribution in [0.5, 0.6) is 0 Å². The van der Waals surface area contributed by atoms with E-state index in [1.165, 1.54) is 18.4 Å². The minimum atomic E-state index is -1.59. The van der Waals surface area contributed by atoms with Crippen molar-refractivity contribution in [3.8, 4) is 0 Å². The lowest BCUT2D eigenvalue weighted by Gasteiger charge is -2.41. The van der Waals surface area contributed by atoms with Crippen LogP contribution >= 0.6 is 0 Å². The van der Waals surface area contributed by atoms with Gasteiger partial charge in [-0.2, -0.15) is 0 Å². The second kappa shape index (κ2) is 9.28. The standard InChI is InChI=1S/C27H41NO4/c1-7-21-12-13-22-19(9-8-14-26(21,22)6)10-11-20-15-27(31,16-23(29)18(20)2)32-17-24(30)28-25(3,4)5/h10-12,22-23,29,31H,2,7-9,13-17H2,1,3-6H3,(H,28,30)/t22-,23-,26+,27-/m0/s1. The van der Waals surface area contributed by atoms with Crippen molar-refractivity contribution in [3.05, 3.63) is 47.1 Å². The number of aliphatic hydroxyl groups excluding tert-OH is 1. The Balaban J connectivity index is 1.74. The van der Waals surface area contributed by atoms with Crippen LogP contribution in [0.25, 0.3) is 0 Å². The van der Waals surface area contributed by atoms with Gasteiger partial charge in [0.05, 0.1) is 6.10 Å². The summed E-state index contributed by atoms with van der Waals surface area (Å²) in [5.74, 6) is -1.36. The smallest absolute Gasteiger partial charge is 0.246 e. The third-order valence-electron chi connectivity index (χ3n) is 7.37. The van der Waals surface area contributed by atoms with E-state index >= 15 is 0 Å². The largest absolute Gasteiger partial charge is 0.388 e. The molecule has 0 saturated heterocycles. The van der Waals surface area contributed by atoms with Crippen molar-refractivity contribution in [2.45, 2.75) is 97.0 Å². The first-order valence-electron chi connectivity index (χ1n) is 12.0. The highest BCUT2D eigenvalue weighted by Crippen LogP contribution is 2.55. The number of hydrogen-bond acceptors (Lipinski definition) is 4. The molecule has 0 unspecified atom stereocenters. The highest BCUT2D eigenvalue weighted by molar-refractivity contribution is 5.77. The quantitative estimate of drug-likeness (QED) is 0.424. The number of carbonyl (C=O) groups excluding carboxylic acids is 1. The van der Waals surface area contributed by atoms with E-state index in [9.17, 15) is 15.0 Å². The van der Waals surface area contributed by atoms with Gasteiger partial charge in [-0.15, -0.1) is 0 Å². The predicted octanol–water partition coefficient (Wildman–Crippen LogP) is 4.72. The summed E-state index contributed by atoms with van der Waals surface area (Å²) in [7, 11) is 0. The molecule has 0 spiro atoms. The zero-order valence-corrected chi connectivity index (χ0v) is 20.5. The first-order valence-corrected chi connectivity index (χ1v) is 12.0. The summed E-state index contributed by atoms with van der Waals surface area (Å²) in [5, 5.41) is 24.3. The van der Waals surface area contributed by atoms with E-state index in [1.807, 2.05) is 26.8 Å². The van der Waals surface area contributed by atoms with E-state index in [2.05, 4.69) is 37.9 Å². The van der Waals surface area contributed by atoms with Crippen LogP contribution in [0.1, 0.15) is 79.6 Å². The summed E-state index contributed by atoms with van der Waals surface area (Å²) in [6.07, 6.45) is 11.6. The number of amides is 1. The lowest BCUT2D eigenvalue weighted by molar-refractivity contribution is -0.220. The molecule has 0 heterocycles. The maximum Gasteiger partial charge on any atom is 0.246 e. The maximum absolute atomic E-state index is 12.1. The average Bonchev–Trinajstić information content (AvgIpc) is 3.03. The molecule has 4 atom stereocenters. The summed E-state index contributed by atoms with van der Waals surface area (Å²) >= 11 is 0. The molecule has 0 aromatic rings. The van der Waals surface area contributed by atoms with Gasteiger partial charge in [-0.25, -0.2) is 0 Å². The number of hydrogen-bond donors (Lipinski definition) is 3. The highest BCUT2D eigenvalue weighted by Gasteiger charge is 2.44. The summed E-state index contributed by atoms with van der Waals surface area (Å²) in [5.41, 5.74) is 4.30. The number of ether oxygens (including phenoxy) is 1. The number of allylic oxidation sites excluding steroid dienone is 5. The van der Waals surface area contributed by atoms with E-state index in [0.29, 0.717) is 11.5 Å². The molecule has 0 aliphatic heterocycles. The van der Waals surface area contributed by atoms with E-state index in [1.54, 1.807) is 5.57 Å². The second-order valence-corrected chi connectivity index (χ2v) is 11.0. The summed E-state index contributed by atoms with van der Waals surface area (Å²) in [4.78, 5) is 12.1. The number of carbonyl (C=O) groups is 1. The molecule has 3 aliphatic rings. The molecule has 1 amide bonds. The van der Waals surface area contributed by atoms with Gasteiger partial charge in [0.15, 0.2) is 5.79 Å². The third kappa shape index (κ3) is 5.44. The van der Waals surface area contributed by atoms with E-state index in [4.69, 9.17) is 4.74 Å². The van der Waals surface area contributed by atoms with Gasteiger partial charge < -0.3 is 20.3 Å². The van der Waals surface area contributed by atoms with Gasteiger partial charge in [-0.3, -0.25) is 4.79 Å². The summed E-state index contributed by atoms with van der Waals surface area (Å²) < 4.78 is 5.61. The van der Waals surface area contributed by atoms with Crippen LogP contribution in [0.4, 0.5) is 0 Å². The van der Waals surface area contributed by atoms with Gasteiger partial charge in [-0.1, -0.05) is 49.8 Å². The Bertz CT molecular complexity index is 846. The van der Waals surface area contributed by atoms with E-state index < -0.39 is 11.9 Å². The Hall–Kier alpha value is -1.69. The Morgan fingerprint density at radius 2 is 2.09 bits per heavy atom. The molecule has 2 fully saturated rings. The van der Waals surface area contributed by atoms with Crippen molar-refractivity contribution < 1.29 is 19.7 Å². The minimum Gasteiger partial charge on any atom is -0.388 e. The van der Waals surface area contributed by atoms with Crippen molar-refractivity contribution in [1.82, 2.24) is 5.32 Å². The molecule has 32 heavy (non-hydrogen) atoms. The normalized spacial score (nSPS) is 35.7. The Labute approximate surface area is 193 Å². The minimum absolute atomic E-state index is 0.00696. The van der Waals surface area contributed by atoms with Crippen LogP contribution in [-0.2, 0) is 9.53 Å². The van der Waals surface area contributed by atoms with Gasteiger partial charge in [0.25, 0.3) is 0 Å². The van der Waals surface area contributed by atoms with Gasteiger partial charge in [0, 0.05) is 18.4 Å². The fourth-order valence-electron chi connectivity index (χ4n) is 5.71. The third-order valence-corrected chi connectivity index (χ3v) is 7.37. The van der Waals surface area contributed by atoms with Crippen LogP contribution in [0.15, 0.2) is 47.1 Å². The molecule has 3 N–H and O–H groups in total. The highest BCUT2D eigenvalue weighted by atomic mass is 16.6. The lowest BCUT2D eigenvalue weighted by atomic mass is 9.64. The fourth-order valence-corrected chi connectivity index (χ4v) is 5.71. The Morgan fingerprint density at radius 3 is 2.75 bits per heavy atom. The van der Waals surface area contributed by atoms with Crippen LogP contribution in [0.2, 0.25) is 0 Å². The van der Waals surface area contributed by atoms with E-state index in [-0.39, 0.29) is 36.3 Å². The molecule has 2 saturated carbocycles. The summed E-state index contributed by atoms with van der Waals surface area (Å²) in [6.45, 7) is 14.1. The molecule has 5 nitrogen and oxygen atoms in total. The predicted molar refractivity (Wildman–Crippen MR) is 128 cm³/mol. The van der Waals surface area contributed by atoms with E-state index in [0.717, 1.165) is 24.8 Å². The van der Waals surface area contributed by atoms with Crippen molar-refractivity contribution in [2.24, 2.45) is 11.3 Å². The Kier molecular flexibility index (Phi) is 7.23. The van der Waals surface area contributed by atoms with Crippen molar-refractivity contribution in [3.63, 3.8) is 0 Å². The van der Waals surface area contributed by atoms with Gasteiger partial charge >= 0.3 is 0 Å². The van der Waals surface area contributed by atoms with Gasteiger partial charge in [-0.05, 0) is 75.4 Å². The van der Waals surface area contributed by atoms with Crippen LogP contribution in [-0.4, -0.2) is 40.2 Å². The number of fused-ring (bicyclic) bond motifs is 1. The topological polar surface area (TPSA) is 78.8 Å². The Morgan fingerprint density at radius 1 is 1.38 bits per heavy atom. The van der Waals surface area contributed by atoms with Gasteiger partial charge in [0.2, 0.25) is 5.91 Å². The van der Waals surface area contributed by atoms with Crippen LogP contribution < -0.4 is 5.32 Å². The fraction of sp³-hybridized carbons (Fsp3) is 0.667. The summed E-state index contributed by atoms with van der Waals surface area (Å²) in [6, 6.07) is 0. The molecule has 0 radical (unpaired) electrons. The average molecular weight is 444 g/mol. The number of aliphatic hydroxyl groups is 2. The molecule has 178 valence electrons. The molecule has 0 aromatic carbocycles. The monoisotopic (exact) mass is 443 g/mol. The van der Waals surface area contributed by atoms with Crippen molar-refractivity contribution in [1.29, 1.82) is 0 Å². The van der Waals surface area contributed by atoms with Crippen molar-refractivity contribution in [2.75, 3.05) is 6.61 Å². The molecular weight excluding hydrogens is 402 g/mol. The molecule has 0 bridgehead atoms. The second-order valence-electron chi connectivity index (χ2n) is 11.0. The van der Waals surface area contributed by atoms with Crippen LogP contribution in [0, 0.1) is 11.3 Å². The van der Waals surface area contributed by atoms with Gasteiger partial charge in [0.1, 0.15) is 6.61 Å². The molecule has 5 heteroatoms. The molecule has 0 aromatic heterocycles. The zero-order chi connectivity index (χ0) is 23.7. The lowest BCUT2D eigenvalue weighted by Crippen LogP contribution is -2.47. The van der Waals surface area contributed by atoms with Crippen LogP contribution in [0.3, 0.4) is 0 Å².